The van der Waals surface area contributed by atoms with Crippen molar-refractivity contribution in [2.24, 2.45) is 5.92 Å². The highest BCUT2D eigenvalue weighted by Gasteiger charge is 2.04. The van der Waals surface area contributed by atoms with Crippen molar-refractivity contribution in [1.82, 2.24) is 0 Å². The van der Waals surface area contributed by atoms with Crippen LogP contribution >= 0.6 is 0 Å². The average molecular weight is 146 g/mol. The lowest BCUT2D eigenvalue weighted by atomic mass is 10.0. The molecule has 0 aliphatic carbocycles. The van der Waals surface area contributed by atoms with E-state index in [0.717, 1.165) is 19.3 Å². The minimum Gasteiger partial charge on any atom is -0.394 e. The van der Waals surface area contributed by atoms with Gasteiger partial charge in [0.2, 0.25) is 0 Å². The highest BCUT2D eigenvalue weighted by molar-refractivity contribution is 4.56. The summed E-state index contributed by atoms with van der Waals surface area (Å²) in [6.45, 7) is 4.19. The zero-order chi connectivity index (χ0) is 7.98. The van der Waals surface area contributed by atoms with Gasteiger partial charge in [-0.15, -0.1) is 0 Å². The maximum absolute atomic E-state index is 8.95. The second kappa shape index (κ2) is 5.69. The zero-order valence-electron chi connectivity index (χ0n) is 6.88. The molecule has 0 spiro atoms. The topological polar surface area (TPSA) is 40.5 Å². The fraction of sp³-hybridized carbons (Fsp3) is 1.00. The predicted molar refractivity (Wildman–Crippen MR) is 41.8 cm³/mol. The van der Waals surface area contributed by atoms with Gasteiger partial charge in [-0.3, -0.25) is 0 Å². The molecule has 0 aliphatic rings. The number of aliphatic hydroxyl groups excluding tert-OH is 2. The third-order valence-electron chi connectivity index (χ3n) is 1.90. The van der Waals surface area contributed by atoms with Crippen molar-refractivity contribution in [1.29, 1.82) is 0 Å². The monoisotopic (exact) mass is 146 g/mol. The normalized spacial score (nSPS) is 16.8. The molecule has 0 saturated carbocycles. The molecule has 2 N–H and O–H groups in total. The molecule has 2 heteroatoms. The van der Waals surface area contributed by atoms with Crippen molar-refractivity contribution < 1.29 is 10.2 Å². The van der Waals surface area contributed by atoms with Gasteiger partial charge in [0.1, 0.15) is 0 Å². The first-order valence-electron chi connectivity index (χ1n) is 3.99. The van der Waals surface area contributed by atoms with Gasteiger partial charge in [0, 0.05) is 0 Å². The Labute approximate surface area is 62.9 Å². The smallest absolute Gasteiger partial charge is 0.0771 e. The lowest BCUT2D eigenvalue weighted by molar-refractivity contribution is 0.0830. The van der Waals surface area contributed by atoms with Crippen LogP contribution < -0.4 is 0 Å². The molecular formula is C8H18O2. The second-order valence-electron chi connectivity index (χ2n) is 2.93. The third-order valence-corrected chi connectivity index (χ3v) is 1.90. The molecule has 0 radical (unpaired) electrons. The van der Waals surface area contributed by atoms with E-state index >= 15 is 0 Å². The van der Waals surface area contributed by atoms with Crippen molar-refractivity contribution in [3.63, 3.8) is 0 Å². The lowest BCUT2D eigenvalue weighted by Gasteiger charge is -2.10. The highest BCUT2D eigenvalue weighted by atomic mass is 16.3. The van der Waals surface area contributed by atoms with Crippen molar-refractivity contribution in [3.8, 4) is 0 Å². The van der Waals surface area contributed by atoms with E-state index in [4.69, 9.17) is 10.2 Å². The predicted octanol–water partition coefficient (Wildman–Crippen LogP) is 1.17. The van der Waals surface area contributed by atoms with E-state index in [9.17, 15) is 0 Å². The van der Waals surface area contributed by atoms with Gasteiger partial charge in [-0.25, -0.2) is 0 Å². The maximum Gasteiger partial charge on any atom is 0.0771 e. The van der Waals surface area contributed by atoms with Crippen molar-refractivity contribution in [2.75, 3.05) is 6.61 Å². The van der Waals surface area contributed by atoms with E-state index in [1.165, 1.54) is 0 Å². The molecule has 0 bridgehead atoms. The van der Waals surface area contributed by atoms with Gasteiger partial charge in [0.05, 0.1) is 12.7 Å². The van der Waals surface area contributed by atoms with Crippen LogP contribution in [0.15, 0.2) is 0 Å². The van der Waals surface area contributed by atoms with Crippen LogP contribution in [0.1, 0.15) is 33.1 Å². The number of rotatable bonds is 5. The molecule has 0 aliphatic heterocycles. The first-order chi connectivity index (χ1) is 4.70. The van der Waals surface area contributed by atoms with Crippen LogP contribution in [-0.2, 0) is 0 Å². The average Bonchev–Trinajstić information content (AvgIpc) is 1.99. The molecule has 0 saturated heterocycles. The van der Waals surface area contributed by atoms with Gasteiger partial charge in [-0.2, -0.15) is 0 Å². The van der Waals surface area contributed by atoms with Crippen LogP contribution in [0.4, 0.5) is 0 Å². The summed E-state index contributed by atoms with van der Waals surface area (Å²) >= 11 is 0. The van der Waals surface area contributed by atoms with E-state index in [2.05, 4.69) is 13.8 Å². The summed E-state index contributed by atoms with van der Waals surface area (Å²) in [4.78, 5) is 0. The summed E-state index contributed by atoms with van der Waals surface area (Å²) in [7, 11) is 0. The fourth-order valence-corrected chi connectivity index (χ4v) is 0.772. The van der Waals surface area contributed by atoms with E-state index in [0.29, 0.717) is 5.92 Å². The van der Waals surface area contributed by atoms with Gasteiger partial charge in [0.25, 0.3) is 0 Å². The SMILES string of the molecule is CC[C@H](C)CC[C@@H](O)CO. The Balaban J connectivity index is 3.17. The summed E-state index contributed by atoms with van der Waals surface area (Å²) < 4.78 is 0. The Morgan fingerprint density at radius 3 is 2.30 bits per heavy atom. The number of hydrogen-bond donors (Lipinski definition) is 2. The summed E-state index contributed by atoms with van der Waals surface area (Å²) in [5, 5.41) is 17.4. The molecule has 0 rings (SSSR count). The van der Waals surface area contributed by atoms with Gasteiger partial charge in [0.15, 0.2) is 0 Å². The molecule has 0 heterocycles. The van der Waals surface area contributed by atoms with Gasteiger partial charge >= 0.3 is 0 Å². The maximum atomic E-state index is 8.95. The van der Waals surface area contributed by atoms with Crippen LogP contribution in [0.2, 0.25) is 0 Å². The molecule has 0 fully saturated rings. The van der Waals surface area contributed by atoms with E-state index in [-0.39, 0.29) is 6.61 Å². The van der Waals surface area contributed by atoms with Gasteiger partial charge in [-0.05, 0) is 18.8 Å². The Bertz CT molecular complexity index is 63.7. The third kappa shape index (κ3) is 4.77. The summed E-state index contributed by atoms with van der Waals surface area (Å²) in [5.41, 5.74) is 0. The van der Waals surface area contributed by atoms with E-state index in [1.807, 2.05) is 0 Å². The van der Waals surface area contributed by atoms with Crippen LogP contribution in [0.5, 0.6) is 0 Å². The fourth-order valence-electron chi connectivity index (χ4n) is 0.772. The molecule has 0 unspecified atom stereocenters. The van der Waals surface area contributed by atoms with Gasteiger partial charge < -0.3 is 10.2 Å². The Morgan fingerprint density at radius 2 is 1.90 bits per heavy atom. The first-order valence-corrected chi connectivity index (χ1v) is 3.99. The molecule has 2 atom stereocenters. The van der Waals surface area contributed by atoms with E-state index < -0.39 is 6.10 Å². The Morgan fingerprint density at radius 1 is 1.30 bits per heavy atom. The number of hydrogen-bond acceptors (Lipinski definition) is 2. The minimum absolute atomic E-state index is 0.101. The second-order valence-corrected chi connectivity index (χ2v) is 2.93. The molecule has 0 aromatic heterocycles. The van der Waals surface area contributed by atoms with Crippen molar-refractivity contribution in [3.05, 3.63) is 0 Å². The Kier molecular flexibility index (Phi) is 5.64. The van der Waals surface area contributed by atoms with Crippen LogP contribution in [0, 0.1) is 5.92 Å². The molecule has 0 aromatic rings. The minimum atomic E-state index is -0.506. The molecule has 62 valence electrons. The van der Waals surface area contributed by atoms with Crippen molar-refractivity contribution in [2.45, 2.75) is 39.2 Å². The highest BCUT2D eigenvalue weighted by Crippen LogP contribution is 2.10. The summed E-state index contributed by atoms with van der Waals surface area (Å²) in [6, 6.07) is 0. The Hall–Kier alpha value is -0.0800. The number of aliphatic hydroxyl groups is 2. The molecular weight excluding hydrogens is 128 g/mol. The first kappa shape index (κ1) is 9.92. The van der Waals surface area contributed by atoms with Crippen LogP contribution in [-0.4, -0.2) is 22.9 Å². The van der Waals surface area contributed by atoms with Crippen molar-refractivity contribution >= 4 is 0 Å². The molecule has 0 amide bonds. The largest absolute Gasteiger partial charge is 0.394 e. The molecule has 0 aromatic carbocycles. The van der Waals surface area contributed by atoms with Crippen LogP contribution in [0.25, 0.3) is 0 Å². The zero-order valence-corrected chi connectivity index (χ0v) is 6.88. The molecule has 2 nitrogen and oxygen atoms in total. The van der Waals surface area contributed by atoms with Crippen LogP contribution in [0.3, 0.4) is 0 Å². The summed E-state index contributed by atoms with van der Waals surface area (Å²) in [6.07, 6.45) is 2.39. The van der Waals surface area contributed by atoms with Gasteiger partial charge in [-0.1, -0.05) is 20.3 Å². The van der Waals surface area contributed by atoms with E-state index in [1.54, 1.807) is 0 Å². The standard InChI is InChI=1S/C8H18O2/c1-3-7(2)4-5-8(10)6-9/h7-10H,3-6H2,1-2H3/t7-,8+/m0/s1. The lowest BCUT2D eigenvalue weighted by Crippen LogP contribution is -2.12. The quantitative estimate of drug-likeness (QED) is 0.611. The molecule has 10 heavy (non-hydrogen) atoms. The summed E-state index contributed by atoms with van der Waals surface area (Å²) in [5.74, 6) is 0.668.